The molecule has 0 saturated carbocycles. The van der Waals surface area contributed by atoms with E-state index in [0.717, 1.165) is 21.6 Å². The van der Waals surface area contributed by atoms with Gasteiger partial charge in [0.25, 0.3) is 0 Å². The van der Waals surface area contributed by atoms with Crippen LogP contribution in [0.15, 0.2) is 109 Å². The lowest BCUT2D eigenvalue weighted by atomic mass is 9.86. The van der Waals surface area contributed by atoms with Gasteiger partial charge in [0.2, 0.25) is 5.91 Å². The summed E-state index contributed by atoms with van der Waals surface area (Å²) in [5, 5.41) is 3.38. The first-order valence-corrected chi connectivity index (χ1v) is 14.2. The van der Waals surface area contributed by atoms with Gasteiger partial charge >= 0.3 is 6.09 Å². The average molecular weight is 581 g/mol. The molecule has 1 aliphatic heterocycles. The normalized spacial score (nSPS) is 15.8. The Bertz CT molecular complexity index is 1530. The highest BCUT2D eigenvalue weighted by Gasteiger charge is 2.44. The highest BCUT2D eigenvalue weighted by Crippen LogP contribution is 2.37. The second-order valence-corrected chi connectivity index (χ2v) is 10.5. The third kappa shape index (κ3) is 7.46. The van der Waals surface area contributed by atoms with E-state index in [4.69, 9.17) is 9.47 Å². The van der Waals surface area contributed by atoms with Crippen LogP contribution < -0.4 is 10.1 Å². The lowest BCUT2D eigenvalue weighted by Crippen LogP contribution is -2.42. The number of carbonyl (C=O) groups excluding carboxylic acids is 3. The predicted octanol–water partition coefficient (Wildman–Crippen LogP) is 7.26. The minimum absolute atomic E-state index is 0.0392. The first kappa shape index (κ1) is 29.5. The highest BCUT2D eigenvalue weighted by molar-refractivity contribution is 5.96. The number of halogens is 1. The van der Waals surface area contributed by atoms with Crippen molar-refractivity contribution in [1.29, 1.82) is 0 Å². The molecule has 1 N–H and O–H groups in total. The van der Waals surface area contributed by atoms with Crippen molar-refractivity contribution in [2.45, 2.75) is 38.5 Å². The van der Waals surface area contributed by atoms with E-state index in [1.807, 2.05) is 84.9 Å². The molecule has 0 spiro atoms. The maximum Gasteiger partial charge on any atom is 0.417 e. The summed E-state index contributed by atoms with van der Waals surface area (Å²) in [5.41, 5.74) is 3.12. The number of Topliss-reactive ketones (excluding diaryl/α,β-unsaturated/α-hetero) is 1. The number of cyclic esters (lactones) is 1. The Morgan fingerprint density at radius 3 is 2.23 bits per heavy atom. The molecule has 0 aliphatic carbocycles. The summed E-state index contributed by atoms with van der Waals surface area (Å²) in [6.45, 7) is 1.91. The van der Waals surface area contributed by atoms with Crippen LogP contribution in [-0.2, 0) is 20.9 Å². The van der Waals surface area contributed by atoms with Crippen LogP contribution in [0.25, 0.3) is 0 Å². The smallest absolute Gasteiger partial charge is 0.417 e. The average Bonchev–Trinajstić information content (AvgIpc) is 3.42. The fourth-order valence-corrected chi connectivity index (χ4v) is 5.21. The Hall–Kier alpha value is -4.98. The molecule has 1 saturated heterocycles. The van der Waals surface area contributed by atoms with Crippen LogP contribution in [0.3, 0.4) is 0 Å². The molecular formula is C35H33FN2O5. The summed E-state index contributed by atoms with van der Waals surface area (Å²) in [4.78, 5) is 40.6. The third-order valence-corrected chi connectivity index (χ3v) is 7.48. The number of nitrogens with zero attached hydrogens (tertiary/aromatic N) is 1. The Kier molecular flexibility index (Phi) is 9.46. The molecule has 0 bridgehead atoms. The van der Waals surface area contributed by atoms with Crippen LogP contribution in [0, 0.1) is 11.7 Å². The van der Waals surface area contributed by atoms with E-state index in [9.17, 15) is 18.8 Å². The van der Waals surface area contributed by atoms with Crippen LogP contribution in [0.5, 0.6) is 5.75 Å². The zero-order chi connectivity index (χ0) is 30.2. The molecule has 1 heterocycles. The molecule has 0 radical (unpaired) electrons. The van der Waals surface area contributed by atoms with Gasteiger partial charge in [0, 0.05) is 12.1 Å². The van der Waals surface area contributed by atoms with Crippen molar-refractivity contribution >= 4 is 23.5 Å². The standard InChI is InChI=1S/C35H33FN2O5/c1-24(39)12-21-31(34(40)38-32(23-43-35(38)41)26-10-6-3-7-11-26)33(37-29-17-15-28(36)16-18-29)27-13-19-30(20-14-27)42-22-25-8-4-2-5-9-25/h2-11,13-20,31-33,37H,12,21-23H2,1H3/t31?,32-,33?/m1/s1. The Morgan fingerprint density at radius 2 is 1.58 bits per heavy atom. The van der Waals surface area contributed by atoms with Crippen LogP contribution in [-0.4, -0.2) is 29.3 Å². The van der Waals surface area contributed by atoms with Crippen molar-refractivity contribution in [3.8, 4) is 5.75 Å². The summed E-state index contributed by atoms with van der Waals surface area (Å²) in [6.07, 6.45) is -0.406. The van der Waals surface area contributed by atoms with Gasteiger partial charge in [-0.1, -0.05) is 72.8 Å². The zero-order valence-electron chi connectivity index (χ0n) is 23.8. The minimum Gasteiger partial charge on any atom is -0.489 e. The lowest BCUT2D eigenvalue weighted by molar-refractivity contribution is -0.134. The second-order valence-electron chi connectivity index (χ2n) is 10.5. The van der Waals surface area contributed by atoms with Crippen molar-refractivity contribution < 1.29 is 28.2 Å². The number of ether oxygens (including phenoxy) is 2. The monoisotopic (exact) mass is 580 g/mol. The van der Waals surface area contributed by atoms with Crippen LogP contribution in [0.4, 0.5) is 14.9 Å². The Labute approximate surface area is 250 Å². The van der Waals surface area contributed by atoms with Gasteiger partial charge in [-0.15, -0.1) is 0 Å². The van der Waals surface area contributed by atoms with Gasteiger partial charge in [-0.05, 0) is 66.4 Å². The van der Waals surface area contributed by atoms with Gasteiger partial charge in [0.15, 0.2) is 0 Å². The third-order valence-electron chi connectivity index (χ3n) is 7.48. The number of hydrogen-bond donors (Lipinski definition) is 1. The molecule has 1 fully saturated rings. The quantitative estimate of drug-likeness (QED) is 0.190. The maximum atomic E-state index is 14.3. The highest BCUT2D eigenvalue weighted by atomic mass is 19.1. The molecule has 220 valence electrons. The van der Waals surface area contributed by atoms with Crippen molar-refractivity contribution in [2.75, 3.05) is 11.9 Å². The molecule has 3 atom stereocenters. The summed E-state index contributed by atoms with van der Waals surface area (Å²) in [6, 6.07) is 31.0. The van der Waals surface area contributed by atoms with Gasteiger partial charge in [0.05, 0.1) is 12.0 Å². The first-order valence-electron chi connectivity index (χ1n) is 14.2. The van der Waals surface area contributed by atoms with E-state index in [2.05, 4.69) is 5.32 Å². The second kappa shape index (κ2) is 13.8. The van der Waals surface area contributed by atoms with Gasteiger partial charge in [-0.3, -0.25) is 4.79 Å². The number of amides is 2. The van der Waals surface area contributed by atoms with E-state index in [0.29, 0.717) is 18.0 Å². The van der Waals surface area contributed by atoms with E-state index >= 15 is 0 Å². The molecule has 0 aromatic heterocycles. The summed E-state index contributed by atoms with van der Waals surface area (Å²) >= 11 is 0. The fourth-order valence-electron chi connectivity index (χ4n) is 5.21. The molecule has 7 nitrogen and oxygen atoms in total. The van der Waals surface area contributed by atoms with Crippen molar-refractivity contribution in [1.82, 2.24) is 4.90 Å². The molecule has 5 rings (SSSR count). The molecule has 8 heteroatoms. The number of carbonyl (C=O) groups is 3. The van der Waals surface area contributed by atoms with Gasteiger partial charge in [-0.2, -0.15) is 0 Å². The number of rotatable bonds is 12. The maximum absolute atomic E-state index is 14.3. The van der Waals surface area contributed by atoms with E-state index in [-0.39, 0.29) is 25.2 Å². The Balaban J connectivity index is 1.48. The molecule has 2 unspecified atom stereocenters. The lowest BCUT2D eigenvalue weighted by Gasteiger charge is -2.32. The fraction of sp³-hybridized carbons (Fsp3) is 0.229. The number of ketones is 1. The van der Waals surface area contributed by atoms with Gasteiger partial charge < -0.3 is 19.6 Å². The molecule has 1 aliphatic rings. The van der Waals surface area contributed by atoms with E-state index < -0.39 is 35.8 Å². The predicted molar refractivity (Wildman–Crippen MR) is 161 cm³/mol. The number of anilines is 1. The molecule has 2 amide bonds. The number of hydrogen-bond acceptors (Lipinski definition) is 6. The SMILES string of the molecule is CC(=O)CCC(C(=O)N1C(=O)OC[C@@H]1c1ccccc1)C(Nc1ccc(F)cc1)c1ccc(OCc2ccccc2)cc1. The zero-order valence-corrected chi connectivity index (χ0v) is 23.8. The van der Waals surface area contributed by atoms with Crippen LogP contribution in [0.1, 0.15) is 48.5 Å². The molecule has 4 aromatic carbocycles. The number of nitrogens with one attached hydrogen (secondary N) is 1. The molecular weight excluding hydrogens is 547 g/mol. The van der Waals surface area contributed by atoms with Crippen molar-refractivity contribution in [2.24, 2.45) is 5.92 Å². The summed E-state index contributed by atoms with van der Waals surface area (Å²) in [7, 11) is 0. The Morgan fingerprint density at radius 1 is 0.930 bits per heavy atom. The van der Waals surface area contributed by atoms with E-state index in [1.54, 1.807) is 12.1 Å². The minimum atomic E-state index is -0.832. The van der Waals surface area contributed by atoms with Crippen molar-refractivity contribution in [3.05, 3.63) is 132 Å². The number of benzene rings is 4. The first-order chi connectivity index (χ1) is 20.9. The molecule has 43 heavy (non-hydrogen) atoms. The summed E-state index contributed by atoms with van der Waals surface area (Å²) < 4.78 is 25.0. The largest absolute Gasteiger partial charge is 0.489 e. The topological polar surface area (TPSA) is 84.9 Å². The number of imide groups is 1. The van der Waals surface area contributed by atoms with Crippen LogP contribution in [0.2, 0.25) is 0 Å². The van der Waals surface area contributed by atoms with Crippen molar-refractivity contribution in [3.63, 3.8) is 0 Å². The molecule has 4 aromatic rings. The van der Waals surface area contributed by atoms with Gasteiger partial charge in [0.1, 0.15) is 36.6 Å². The van der Waals surface area contributed by atoms with Gasteiger partial charge in [-0.25, -0.2) is 14.1 Å². The summed E-state index contributed by atoms with van der Waals surface area (Å²) in [5.74, 6) is -1.11. The van der Waals surface area contributed by atoms with E-state index in [1.165, 1.54) is 19.1 Å². The van der Waals surface area contributed by atoms with Crippen LogP contribution >= 0.6 is 0 Å².